The Labute approximate surface area is 162 Å². The van der Waals surface area contributed by atoms with Gasteiger partial charge in [0, 0.05) is 10.7 Å². The third-order valence-corrected chi connectivity index (χ3v) is 4.52. The first-order valence-corrected chi connectivity index (χ1v) is 9.22. The number of anilines is 1. The van der Waals surface area contributed by atoms with Gasteiger partial charge in [0.2, 0.25) is 0 Å². The Hall–Kier alpha value is -2.64. The molecule has 2 aromatic heterocycles. The van der Waals surface area contributed by atoms with Gasteiger partial charge >= 0.3 is 0 Å². The van der Waals surface area contributed by atoms with Crippen molar-refractivity contribution in [3.05, 3.63) is 53.6 Å². The Morgan fingerprint density at radius 2 is 2.04 bits per heavy atom. The van der Waals surface area contributed by atoms with Gasteiger partial charge in [-0.3, -0.25) is 4.79 Å². The maximum Gasteiger partial charge on any atom is 0.283 e. The van der Waals surface area contributed by atoms with E-state index in [-0.39, 0.29) is 11.9 Å². The van der Waals surface area contributed by atoms with Crippen molar-refractivity contribution in [1.29, 1.82) is 0 Å². The molecule has 0 saturated carbocycles. The molecule has 0 aliphatic carbocycles. The molecule has 0 fully saturated rings. The minimum atomic E-state index is -0.292. The molecule has 3 rings (SSSR count). The van der Waals surface area contributed by atoms with E-state index in [4.69, 9.17) is 20.4 Å². The van der Waals surface area contributed by atoms with Crippen molar-refractivity contribution in [2.75, 3.05) is 11.9 Å². The summed E-state index contributed by atoms with van der Waals surface area (Å²) in [6.07, 6.45) is 2.48. The van der Waals surface area contributed by atoms with Crippen LogP contribution in [0.4, 0.5) is 5.69 Å². The normalized spacial score (nSPS) is 13.3. The van der Waals surface area contributed by atoms with Gasteiger partial charge < -0.3 is 19.1 Å². The molecule has 2 atom stereocenters. The van der Waals surface area contributed by atoms with Crippen LogP contribution >= 0.6 is 11.6 Å². The van der Waals surface area contributed by atoms with Crippen LogP contribution in [0.3, 0.4) is 0 Å². The first-order valence-electron chi connectivity index (χ1n) is 8.84. The van der Waals surface area contributed by atoms with Crippen molar-refractivity contribution in [2.24, 2.45) is 0 Å². The minimum absolute atomic E-state index is 0.0773. The van der Waals surface area contributed by atoms with E-state index >= 15 is 0 Å². The highest BCUT2D eigenvalue weighted by molar-refractivity contribution is 6.30. The molecular weight excluding hydrogens is 368 g/mol. The molecule has 142 valence electrons. The number of quaternary nitrogens is 1. The molecule has 1 amide bonds. The average molecular weight is 390 g/mol. The standard InChI is InChI=1S/C19H21ClN4O3/c1-3-10-24(12-17-22-23-19(27-17)16-5-4-11-26-16)13(2)18(25)21-15-8-6-14(20)7-9-15/h4-9,11,13H,3,10,12H2,1-2H3,(H,21,25)/p+1/t13-/m1/s1. The van der Waals surface area contributed by atoms with Crippen LogP contribution in [0, 0.1) is 0 Å². The zero-order valence-electron chi connectivity index (χ0n) is 15.2. The van der Waals surface area contributed by atoms with E-state index in [1.807, 2.05) is 6.92 Å². The van der Waals surface area contributed by atoms with Crippen LogP contribution in [0.1, 0.15) is 26.2 Å². The molecule has 0 bridgehead atoms. The van der Waals surface area contributed by atoms with Crippen molar-refractivity contribution >= 4 is 23.2 Å². The van der Waals surface area contributed by atoms with Gasteiger partial charge in [-0.2, -0.15) is 0 Å². The topological polar surface area (TPSA) is 85.6 Å². The van der Waals surface area contributed by atoms with Crippen molar-refractivity contribution < 1.29 is 18.5 Å². The molecule has 8 heteroatoms. The average Bonchev–Trinajstić information content (AvgIpc) is 3.34. The van der Waals surface area contributed by atoms with Gasteiger partial charge in [-0.25, -0.2) is 0 Å². The smallest absolute Gasteiger partial charge is 0.283 e. The van der Waals surface area contributed by atoms with E-state index in [0.717, 1.165) is 17.9 Å². The van der Waals surface area contributed by atoms with Gasteiger partial charge in [0.15, 0.2) is 18.3 Å². The SMILES string of the molecule is CCC[NH+](Cc1nnc(-c2ccco2)o1)[C@H](C)C(=O)Nc1ccc(Cl)cc1. The van der Waals surface area contributed by atoms with Gasteiger partial charge in [-0.1, -0.05) is 18.5 Å². The summed E-state index contributed by atoms with van der Waals surface area (Å²) in [6, 6.07) is 10.3. The van der Waals surface area contributed by atoms with Gasteiger partial charge in [0.05, 0.1) is 12.8 Å². The van der Waals surface area contributed by atoms with Crippen LogP contribution in [0.25, 0.3) is 11.7 Å². The summed E-state index contributed by atoms with van der Waals surface area (Å²) >= 11 is 5.88. The summed E-state index contributed by atoms with van der Waals surface area (Å²) in [4.78, 5) is 13.7. The van der Waals surface area contributed by atoms with Crippen LogP contribution in [-0.2, 0) is 11.3 Å². The molecule has 0 radical (unpaired) electrons. The van der Waals surface area contributed by atoms with E-state index in [9.17, 15) is 4.79 Å². The van der Waals surface area contributed by atoms with E-state index < -0.39 is 0 Å². The second-order valence-corrected chi connectivity index (χ2v) is 6.72. The highest BCUT2D eigenvalue weighted by atomic mass is 35.5. The Kier molecular flexibility index (Phi) is 6.26. The van der Waals surface area contributed by atoms with Gasteiger partial charge in [-0.05, 0) is 49.7 Å². The summed E-state index contributed by atoms with van der Waals surface area (Å²) in [7, 11) is 0. The first kappa shape index (κ1) is 19.1. The summed E-state index contributed by atoms with van der Waals surface area (Å²) in [5, 5.41) is 11.6. The van der Waals surface area contributed by atoms with E-state index in [1.165, 1.54) is 0 Å². The van der Waals surface area contributed by atoms with E-state index in [1.54, 1.807) is 42.7 Å². The predicted molar refractivity (Wildman–Crippen MR) is 101 cm³/mol. The first-order chi connectivity index (χ1) is 13.1. The number of nitrogens with one attached hydrogen (secondary N) is 2. The van der Waals surface area contributed by atoms with E-state index in [2.05, 4.69) is 22.4 Å². The summed E-state index contributed by atoms with van der Waals surface area (Å²) in [5.41, 5.74) is 0.713. The second-order valence-electron chi connectivity index (χ2n) is 6.28. The largest absolute Gasteiger partial charge is 0.459 e. The lowest BCUT2D eigenvalue weighted by Crippen LogP contribution is -3.15. The number of amides is 1. The van der Waals surface area contributed by atoms with Crippen LogP contribution in [0.15, 0.2) is 51.5 Å². The number of rotatable bonds is 8. The second kappa shape index (κ2) is 8.83. The number of carbonyl (C=O) groups is 1. The molecule has 1 aromatic carbocycles. The highest BCUT2D eigenvalue weighted by Gasteiger charge is 2.27. The van der Waals surface area contributed by atoms with Crippen molar-refractivity contribution in [3.8, 4) is 11.7 Å². The predicted octanol–water partition coefficient (Wildman–Crippen LogP) is 2.81. The fourth-order valence-electron chi connectivity index (χ4n) is 2.77. The summed E-state index contributed by atoms with van der Waals surface area (Å²) in [5.74, 6) is 1.26. The molecule has 1 unspecified atom stereocenters. The van der Waals surface area contributed by atoms with Crippen LogP contribution < -0.4 is 10.2 Å². The van der Waals surface area contributed by atoms with E-state index in [0.29, 0.717) is 34.8 Å². The Bertz CT molecular complexity index is 861. The van der Waals surface area contributed by atoms with Crippen LogP contribution in [0.2, 0.25) is 5.02 Å². The zero-order valence-corrected chi connectivity index (χ0v) is 16.0. The molecule has 7 nitrogen and oxygen atoms in total. The molecule has 3 aromatic rings. The molecule has 2 heterocycles. The molecule has 0 aliphatic heterocycles. The Balaban J connectivity index is 1.66. The van der Waals surface area contributed by atoms with Gasteiger partial charge in [0.25, 0.3) is 17.7 Å². The number of furan rings is 1. The molecule has 0 spiro atoms. The fourth-order valence-corrected chi connectivity index (χ4v) is 2.89. The molecular formula is C19H22ClN4O3+. The maximum absolute atomic E-state index is 12.6. The molecule has 0 saturated heterocycles. The van der Waals surface area contributed by atoms with Crippen molar-refractivity contribution in [2.45, 2.75) is 32.9 Å². The quantitative estimate of drug-likeness (QED) is 0.618. The molecule has 0 aliphatic rings. The number of carbonyl (C=O) groups excluding carboxylic acids is 1. The maximum atomic E-state index is 12.6. The lowest BCUT2D eigenvalue weighted by atomic mass is 10.2. The van der Waals surface area contributed by atoms with Crippen molar-refractivity contribution in [1.82, 2.24) is 10.2 Å². The van der Waals surface area contributed by atoms with Crippen LogP contribution in [-0.4, -0.2) is 28.7 Å². The number of halogens is 1. The monoisotopic (exact) mass is 389 g/mol. The summed E-state index contributed by atoms with van der Waals surface area (Å²) < 4.78 is 11.0. The lowest BCUT2D eigenvalue weighted by Gasteiger charge is -2.23. The third-order valence-electron chi connectivity index (χ3n) is 4.27. The third kappa shape index (κ3) is 4.96. The van der Waals surface area contributed by atoms with Crippen LogP contribution in [0.5, 0.6) is 0 Å². The number of benzene rings is 1. The zero-order chi connectivity index (χ0) is 19.2. The van der Waals surface area contributed by atoms with Gasteiger partial charge in [0.1, 0.15) is 0 Å². The number of hydrogen-bond donors (Lipinski definition) is 2. The molecule has 2 N–H and O–H groups in total. The summed E-state index contributed by atoms with van der Waals surface area (Å²) in [6.45, 7) is 5.22. The minimum Gasteiger partial charge on any atom is -0.459 e. The number of nitrogens with zero attached hydrogens (tertiary/aromatic N) is 2. The number of hydrogen-bond acceptors (Lipinski definition) is 5. The Morgan fingerprint density at radius 1 is 1.26 bits per heavy atom. The Morgan fingerprint density at radius 3 is 2.70 bits per heavy atom. The fraction of sp³-hybridized carbons (Fsp3) is 0.316. The van der Waals surface area contributed by atoms with Gasteiger partial charge in [-0.15, -0.1) is 10.2 Å². The molecule has 27 heavy (non-hydrogen) atoms. The van der Waals surface area contributed by atoms with Crippen molar-refractivity contribution in [3.63, 3.8) is 0 Å². The number of aromatic nitrogens is 2. The highest BCUT2D eigenvalue weighted by Crippen LogP contribution is 2.17. The lowest BCUT2D eigenvalue weighted by molar-refractivity contribution is -0.928.